The molecule has 0 radical (unpaired) electrons. The van der Waals surface area contributed by atoms with Crippen LogP contribution in [0.15, 0.2) is 12.3 Å². The second-order valence-electron chi connectivity index (χ2n) is 4.59. The van der Waals surface area contributed by atoms with Crippen molar-refractivity contribution < 1.29 is 4.74 Å². The molecule has 0 atom stereocenters. The van der Waals surface area contributed by atoms with Crippen molar-refractivity contribution in [3.63, 3.8) is 0 Å². The SMILES string of the molecule is CC1CCC(Oc2nccc(C(N)=S)n2)CC1. The van der Waals surface area contributed by atoms with Gasteiger partial charge in [0.2, 0.25) is 0 Å². The molecular formula is C12H17N3OS. The van der Waals surface area contributed by atoms with E-state index in [-0.39, 0.29) is 11.1 Å². The fraction of sp³-hybridized carbons (Fsp3) is 0.583. The first-order valence-corrected chi connectivity index (χ1v) is 6.35. The molecule has 2 rings (SSSR count). The van der Waals surface area contributed by atoms with Crippen LogP contribution >= 0.6 is 12.2 Å². The van der Waals surface area contributed by atoms with Gasteiger partial charge in [-0.05, 0) is 37.7 Å². The third kappa shape index (κ3) is 3.36. The highest BCUT2D eigenvalue weighted by Crippen LogP contribution is 2.25. The normalized spacial score (nSPS) is 24.3. The van der Waals surface area contributed by atoms with Gasteiger partial charge in [0.1, 0.15) is 16.8 Å². The molecule has 5 heteroatoms. The predicted molar refractivity (Wildman–Crippen MR) is 70.0 cm³/mol. The Morgan fingerprint density at radius 3 is 2.76 bits per heavy atom. The van der Waals surface area contributed by atoms with E-state index in [0.717, 1.165) is 18.8 Å². The number of hydrogen-bond acceptors (Lipinski definition) is 4. The van der Waals surface area contributed by atoms with E-state index in [1.165, 1.54) is 12.8 Å². The second kappa shape index (κ2) is 5.40. The molecule has 1 aromatic heterocycles. The van der Waals surface area contributed by atoms with Gasteiger partial charge in [-0.25, -0.2) is 4.98 Å². The minimum atomic E-state index is 0.229. The first-order chi connectivity index (χ1) is 8.15. The molecule has 0 saturated heterocycles. The Morgan fingerprint density at radius 2 is 2.12 bits per heavy atom. The van der Waals surface area contributed by atoms with Crippen LogP contribution in [0.1, 0.15) is 38.3 Å². The molecule has 1 aromatic rings. The Kier molecular flexibility index (Phi) is 3.89. The number of thiocarbonyl (C=S) groups is 1. The van der Waals surface area contributed by atoms with Crippen LogP contribution in [0.2, 0.25) is 0 Å². The molecule has 1 saturated carbocycles. The molecule has 0 spiro atoms. The van der Waals surface area contributed by atoms with Crippen molar-refractivity contribution >= 4 is 17.2 Å². The molecular weight excluding hydrogens is 234 g/mol. The van der Waals surface area contributed by atoms with Crippen LogP contribution in [-0.2, 0) is 0 Å². The molecule has 0 bridgehead atoms. The van der Waals surface area contributed by atoms with Crippen LogP contribution in [0.25, 0.3) is 0 Å². The quantitative estimate of drug-likeness (QED) is 0.833. The third-order valence-electron chi connectivity index (χ3n) is 3.12. The van der Waals surface area contributed by atoms with Crippen molar-refractivity contribution in [1.82, 2.24) is 9.97 Å². The van der Waals surface area contributed by atoms with Crippen LogP contribution < -0.4 is 10.5 Å². The molecule has 92 valence electrons. The van der Waals surface area contributed by atoms with Gasteiger partial charge in [-0.15, -0.1) is 0 Å². The molecule has 0 amide bonds. The molecule has 0 aromatic carbocycles. The lowest BCUT2D eigenvalue weighted by molar-refractivity contribution is 0.124. The average molecular weight is 251 g/mol. The lowest BCUT2D eigenvalue weighted by Gasteiger charge is -2.25. The molecule has 1 heterocycles. The van der Waals surface area contributed by atoms with Gasteiger partial charge in [0, 0.05) is 6.20 Å². The highest BCUT2D eigenvalue weighted by Gasteiger charge is 2.20. The topological polar surface area (TPSA) is 61.0 Å². The van der Waals surface area contributed by atoms with Gasteiger partial charge in [-0.2, -0.15) is 4.98 Å². The zero-order chi connectivity index (χ0) is 12.3. The minimum Gasteiger partial charge on any atom is -0.460 e. The highest BCUT2D eigenvalue weighted by atomic mass is 32.1. The Balaban J connectivity index is 1.98. The molecule has 17 heavy (non-hydrogen) atoms. The molecule has 1 aliphatic carbocycles. The summed E-state index contributed by atoms with van der Waals surface area (Å²) in [6.45, 7) is 2.28. The molecule has 1 fully saturated rings. The zero-order valence-electron chi connectivity index (χ0n) is 9.93. The van der Waals surface area contributed by atoms with Gasteiger partial charge in [-0.3, -0.25) is 0 Å². The van der Waals surface area contributed by atoms with Crippen LogP contribution in [-0.4, -0.2) is 21.1 Å². The fourth-order valence-electron chi connectivity index (χ4n) is 2.03. The summed E-state index contributed by atoms with van der Waals surface area (Å²) >= 11 is 4.87. The minimum absolute atomic E-state index is 0.229. The molecule has 0 aliphatic heterocycles. The zero-order valence-corrected chi connectivity index (χ0v) is 10.7. The molecule has 2 N–H and O–H groups in total. The van der Waals surface area contributed by atoms with Gasteiger partial charge in [0.05, 0.1) is 0 Å². The highest BCUT2D eigenvalue weighted by molar-refractivity contribution is 7.80. The molecule has 1 aliphatic rings. The van der Waals surface area contributed by atoms with Gasteiger partial charge < -0.3 is 10.5 Å². The smallest absolute Gasteiger partial charge is 0.317 e. The summed E-state index contributed by atoms with van der Waals surface area (Å²) in [4.78, 5) is 8.54. The Labute approximate surface area is 107 Å². The maximum atomic E-state index is 5.76. The van der Waals surface area contributed by atoms with E-state index < -0.39 is 0 Å². The van der Waals surface area contributed by atoms with E-state index in [4.69, 9.17) is 22.7 Å². The largest absolute Gasteiger partial charge is 0.460 e. The van der Waals surface area contributed by atoms with E-state index in [1.54, 1.807) is 12.3 Å². The average Bonchev–Trinajstić information content (AvgIpc) is 2.32. The number of ether oxygens (including phenoxy) is 1. The van der Waals surface area contributed by atoms with Gasteiger partial charge in [-0.1, -0.05) is 19.1 Å². The summed E-state index contributed by atoms with van der Waals surface area (Å²) in [5, 5.41) is 0. The van der Waals surface area contributed by atoms with Crippen molar-refractivity contribution in [2.75, 3.05) is 0 Å². The van der Waals surface area contributed by atoms with Gasteiger partial charge >= 0.3 is 6.01 Å². The van der Waals surface area contributed by atoms with Gasteiger partial charge in [0.25, 0.3) is 0 Å². The molecule has 0 unspecified atom stereocenters. The number of rotatable bonds is 3. The van der Waals surface area contributed by atoms with E-state index in [2.05, 4.69) is 16.9 Å². The number of aromatic nitrogens is 2. The lowest BCUT2D eigenvalue weighted by Crippen LogP contribution is -2.24. The molecule has 4 nitrogen and oxygen atoms in total. The third-order valence-corrected chi connectivity index (χ3v) is 3.33. The van der Waals surface area contributed by atoms with E-state index >= 15 is 0 Å². The standard InChI is InChI=1S/C12H17N3OS/c1-8-2-4-9(5-3-8)16-12-14-7-6-10(15-12)11(13)17/h6-9H,2-5H2,1H3,(H2,13,17). The lowest BCUT2D eigenvalue weighted by atomic mass is 9.89. The fourth-order valence-corrected chi connectivity index (χ4v) is 2.14. The summed E-state index contributed by atoms with van der Waals surface area (Å²) in [5.41, 5.74) is 6.08. The van der Waals surface area contributed by atoms with E-state index in [9.17, 15) is 0 Å². The Hall–Kier alpha value is -1.23. The van der Waals surface area contributed by atoms with Crippen LogP contribution in [0.4, 0.5) is 0 Å². The predicted octanol–water partition coefficient (Wildman–Crippen LogP) is 2.07. The van der Waals surface area contributed by atoms with Crippen LogP contribution in [0.5, 0.6) is 6.01 Å². The monoisotopic (exact) mass is 251 g/mol. The maximum Gasteiger partial charge on any atom is 0.317 e. The summed E-state index contributed by atoms with van der Waals surface area (Å²) in [6, 6.07) is 2.08. The summed E-state index contributed by atoms with van der Waals surface area (Å²) < 4.78 is 5.76. The first-order valence-electron chi connectivity index (χ1n) is 5.94. The number of nitrogens with zero attached hydrogens (tertiary/aromatic N) is 2. The van der Waals surface area contributed by atoms with Crippen molar-refractivity contribution in [2.45, 2.75) is 38.7 Å². The second-order valence-corrected chi connectivity index (χ2v) is 5.03. The first kappa shape index (κ1) is 12.2. The summed E-state index contributed by atoms with van der Waals surface area (Å²) in [5.74, 6) is 0.804. The van der Waals surface area contributed by atoms with Crippen molar-refractivity contribution in [3.05, 3.63) is 18.0 Å². The summed E-state index contributed by atoms with van der Waals surface area (Å²) in [7, 11) is 0. The summed E-state index contributed by atoms with van der Waals surface area (Å²) in [6.07, 6.45) is 6.42. The Morgan fingerprint density at radius 1 is 1.41 bits per heavy atom. The van der Waals surface area contributed by atoms with Crippen LogP contribution in [0.3, 0.4) is 0 Å². The Bertz CT molecular complexity index is 402. The van der Waals surface area contributed by atoms with Crippen LogP contribution in [0, 0.1) is 5.92 Å². The maximum absolute atomic E-state index is 5.76. The van der Waals surface area contributed by atoms with Crippen molar-refractivity contribution in [2.24, 2.45) is 11.7 Å². The van der Waals surface area contributed by atoms with Crippen molar-refractivity contribution in [1.29, 1.82) is 0 Å². The van der Waals surface area contributed by atoms with Gasteiger partial charge in [0.15, 0.2) is 0 Å². The number of hydrogen-bond donors (Lipinski definition) is 1. The van der Waals surface area contributed by atoms with Crippen molar-refractivity contribution in [3.8, 4) is 6.01 Å². The number of nitrogens with two attached hydrogens (primary N) is 1. The van der Waals surface area contributed by atoms with E-state index in [0.29, 0.717) is 11.7 Å². The van der Waals surface area contributed by atoms with E-state index in [1.807, 2.05) is 0 Å².